The molecule has 0 N–H and O–H groups in total. The van der Waals surface area contributed by atoms with Crippen LogP contribution in [0.1, 0.15) is 17.9 Å². The van der Waals surface area contributed by atoms with Gasteiger partial charge in [0.1, 0.15) is 22.7 Å². The first kappa shape index (κ1) is 9.08. The van der Waals surface area contributed by atoms with Gasteiger partial charge in [0, 0.05) is 6.54 Å². The third-order valence-corrected chi connectivity index (χ3v) is 2.52. The first-order valence-corrected chi connectivity index (χ1v) is 4.60. The van der Waals surface area contributed by atoms with Crippen LogP contribution in [0.15, 0.2) is 4.60 Å². The minimum Gasteiger partial charge on any atom is -0.372 e. The number of nitrogens with zero attached hydrogens (tertiary/aromatic N) is 2. The number of ether oxygens (including phenoxy) is 1. The average Bonchev–Trinajstić information content (AvgIpc) is 2.39. The number of hydrogen-bond acceptors (Lipinski definition) is 2. The van der Waals surface area contributed by atoms with Crippen LogP contribution in [0.3, 0.4) is 0 Å². The van der Waals surface area contributed by atoms with E-state index in [1.165, 1.54) is 4.57 Å². The van der Waals surface area contributed by atoms with Gasteiger partial charge in [-0.25, -0.2) is 13.8 Å². The van der Waals surface area contributed by atoms with E-state index in [0.29, 0.717) is 25.6 Å². The van der Waals surface area contributed by atoms with Gasteiger partial charge in [-0.1, -0.05) is 0 Å². The molecule has 0 amide bonds. The highest BCUT2D eigenvalue weighted by molar-refractivity contribution is 9.10. The Bertz CT molecular complexity index is 327. The normalized spacial score (nSPS) is 16.3. The van der Waals surface area contributed by atoms with Crippen LogP contribution in [0.2, 0.25) is 0 Å². The van der Waals surface area contributed by atoms with E-state index in [2.05, 4.69) is 20.9 Å². The van der Waals surface area contributed by atoms with Gasteiger partial charge in [-0.3, -0.25) is 0 Å². The SMILES string of the molecule is FC(F)c1c(Br)nc2n1CCOC2. The fourth-order valence-electron chi connectivity index (χ4n) is 1.37. The molecule has 0 saturated heterocycles. The largest absolute Gasteiger partial charge is 0.372 e. The summed E-state index contributed by atoms with van der Waals surface area (Å²) < 4.78 is 31.9. The molecule has 1 aliphatic heterocycles. The van der Waals surface area contributed by atoms with Gasteiger partial charge in [0.25, 0.3) is 6.43 Å². The summed E-state index contributed by atoms with van der Waals surface area (Å²) in [5.41, 5.74) is -0.0432. The molecule has 0 radical (unpaired) electrons. The summed E-state index contributed by atoms with van der Waals surface area (Å²) >= 11 is 3.01. The second-order valence-corrected chi connectivity index (χ2v) is 3.46. The zero-order chi connectivity index (χ0) is 9.42. The van der Waals surface area contributed by atoms with Crippen molar-refractivity contribution < 1.29 is 13.5 Å². The zero-order valence-corrected chi connectivity index (χ0v) is 8.22. The molecule has 0 saturated carbocycles. The monoisotopic (exact) mass is 252 g/mol. The predicted octanol–water partition coefficient (Wildman–Crippen LogP) is 2.11. The van der Waals surface area contributed by atoms with E-state index >= 15 is 0 Å². The molecule has 72 valence electrons. The molecule has 0 fully saturated rings. The molecule has 0 aromatic carbocycles. The van der Waals surface area contributed by atoms with Gasteiger partial charge >= 0.3 is 0 Å². The van der Waals surface area contributed by atoms with Crippen molar-refractivity contribution in [3.05, 3.63) is 16.1 Å². The van der Waals surface area contributed by atoms with E-state index in [4.69, 9.17) is 4.74 Å². The lowest BCUT2D eigenvalue weighted by Gasteiger charge is -2.16. The Kier molecular flexibility index (Phi) is 2.33. The van der Waals surface area contributed by atoms with Crippen molar-refractivity contribution in [1.82, 2.24) is 9.55 Å². The van der Waals surface area contributed by atoms with E-state index in [1.54, 1.807) is 0 Å². The molecule has 0 bridgehead atoms. The predicted molar refractivity (Wildman–Crippen MR) is 44.5 cm³/mol. The Morgan fingerprint density at radius 2 is 2.31 bits per heavy atom. The third-order valence-electron chi connectivity index (χ3n) is 1.94. The maximum atomic E-state index is 12.5. The second-order valence-electron chi connectivity index (χ2n) is 2.71. The lowest BCUT2D eigenvalue weighted by atomic mass is 10.4. The standard InChI is InChI=1S/C7H7BrF2N2O/c8-6-5(7(9)10)12-1-2-13-3-4(12)11-6/h7H,1-3H2. The van der Waals surface area contributed by atoms with Crippen LogP contribution in [0.4, 0.5) is 8.78 Å². The maximum absolute atomic E-state index is 12.5. The van der Waals surface area contributed by atoms with Crippen molar-refractivity contribution in [3.63, 3.8) is 0 Å². The van der Waals surface area contributed by atoms with E-state index in [0.717, 1.165) is 0 Å². The molecule has 2 heterocycles. The summed E-state index contributed by atoms with van der Waals surface area (Å²) in [6, 6.07) is 0. The topological polar surface area (TPSA) is 27.1 Å². The molecule has 1 aromatic rings. The number of alkyl halides is 2. The smallest absolute Gasteiger partial charge is 0.281 e. The van der Waals surface area contributed by atoms with Crippen LogP contribution < -0.4 is 0 Å². The highest BCUT2D eigenvalue weighted by Gasteiger charge is 2.24. The molecule has 1 aromatic heterocycles. The van der Waals surface area contributed by atoms with Gasteiger partial charge in [0.05, 0.1) is 6.61 Å². The van der Waals surface area contributed by atoms with E-state index in [9.17, 15) is 8.78 Å². The number of halogens is 3. The van der Waals surface area contributed by atoms with Crippen LogP contribution in [-0.2, 0) is 17.9 Å². The summed E-state index contributed by atoms with van der Waals surface area (Å²) in [5, 5.41) is 0. The maximum Gasteiger partial charge on any atom is 0.281 e. The minimum absolute atomic E-state index is 0.0432. The summed E-state index contributed by atoms with van der Waals surface area (Å²) in [7, 11) is 0. The lowest BCUT2D eigenvalue weighted by Crippen LogP contribution is -2.18. The van der Waals surface area contributed by atoms with Crippen molar-refractivity contribution in [1.29, 1.82) is 0 Å². The lowest BCUT2D eigenvalue weighted by molar-refractivity contribution is 0.0729. The van der Waals surface area contributed by atoms with E-state index < -0.39 is 6.43 Å². The molecule has 0 spiro atoms. The third kappa shape index (κ3) is 1.48. The average molecular weight is 253 g/mol. The van der Waals surface area contributed by atoms with Gasteiger partial charge in [-0.05, 0) is 15.9 Å². The Morgan fingerprint density at radius 3 is 3.00 bits per heavy atom. The van der Waals surface area contributed by atoms with E-state index in [-0.39, 0.29) is 10.3 Å². The van der Waals surface area contributed by atoms with Crippen molar-refractivity contribution in [2.75, 3.05) is 6.61 Å². The van der Waals surface area contributed by atoms with Crippen LogP contribution in [0, 0.1) is 0 Å². The van der Waals surface area contributed by atoms with Crippen molar-refractivity contribution in [2.24, 2.45) is 0 Å². The van der Waals surface area contributed by atoms with Crippen LogP contribution >= 0.6 is 15.9 Å². The first-order valence-electron chi connectivity index (χ1n) is 3.81. The number of rotatable bonds is 1. The van der Waals surface area contributed by atoms with Crippen LogP contribution in [0.25, 0.3) is 0 Å². The summed E-state index contributed by atoms with van der Waals surface area (Å²) in [6.45, 7) is 1.23. The van der Waals surface area contributed by atoms with Crippen molar-refractivity contribution >= 4 is 15.9 Å². The molecular formula is C7H7BrF2N2O. The fraction of sp³-hybridized carbons (Fsp3) is 0.571. The van der Waals surface area contributed by atoms with Crippen LogP contribution in [0.5, 0.6) is 0 Å². The van der Waals surface area contributed by atoms with Gasteiger partial charge in [-0.15, -0.1) is 0 Å². The molecule has 0 atom stereocenters. The van der Waals surface area contributed by atoms with Gasteiger partial charge in [-0.2, -0.15) is 0 Å². The molecule has 0 aliphatic carbocycles. The molecule has 3 nitrogen and oxygen atoms in total. The quantitative estimate of drug-likeness (QED) is 0.766. The highest BCUT2D eigenvalue weighted by atomic mass is 79.9. The number of imidazole rings is 1. The Balaban J connectivity index is 2.48. The van der Waals surface area contributed by atoms with E-state index in [1.807, 2.05) is 0 Å². The molecular weight excluding hydrogens is 246 g/mol. The van der Waals surface area contributed by atoms with Crippen LogP contribution in [-0.4, -0.2) is 16.2 Å². The second kappa shape index (κ2) is 3.34. The summed E-state index contributed by atoms with van der Waals surface area (Å²) in [4.78, 5) is 3.95. The van der Waals surface area contributed by atoms with Gasteiger partial charge < -0.3 is 9.30 Å². The zero-order valence-electron chi connectivity index (χ0n) is 6.64. The summed E-state index contributed by atoms with van der Waals surface area (Å²) in [6.07, 6.45) is -2.49. The summed E-state index contributed by atoms with van der Waals surface area (Å²) in [5.74, 6) is 0.563. The Morgan fingerprint density at radius 1 is 1.54 bits per heavy atom. The number of hydrogen-bond donors (Lipinski definition) is 0. The molecule has 6 heteroatoms. The van der Waals surface area contributed by atoms with Crippen molar-refractivity contribution in [3.8, 4) is 0 Å². The molecule has 2 rings (SSSR count). The number of aromatic nitrogens is 2. The van der Waals surface area contributed by atoms with Crippen molar-refractivity contribution in [2.45, 2.75) is 19.6 Å². The minimum atomic E-state index is -2.49. The molecule has 1 aliphatic rings. The molecule has 0 unspecified atom stereocenters. The van der Waals surface area contributed by atoms with Gasteiger partial charge in [0.2, 0.25) is 0 Å². The van der Waals surface area contributed by atoms with Gasteiger partial charge in [0.15, 0.2) is 0 Å². The fourth-order valence-corrected chi connectivity index (χ4v) is 1.96. The number of fused-ring (bicyclic) bond motifs is 1. The molecule has 13 heavy (non-hydrogen) atoms. The first-order chi connectivity index (χ1) is 6.20. The Labute approximate surface area is 81.8 Å². The Hall–Kier alpha value is -0.490. The highest BCUT2D eigenvalue weighted by Crippen LogP contribution is 2.29.